The Morgan fingerprint density at radius 1 is 1.44 bits per heavy atom. The number of carbonyl (C=O) groups is 1. The van der Waals surface area contributed by atoms with E-state index in [2.05, 4.69) is 13.8 Å². The molecular formula is C20H31ClO3S. The van der Waals surface area contributed by atoms with Crippen molar-refractivity contribution in [3.05, 3.63) is 34.6 Å². The third-order valence-corrected chi connectivity index (χ3v) is 5.57. The molecule has 0 bridgehead atoms. The van der Waals surface area contributed by atoms with Crippen LogP contribution in [0.15, 0.2) is 34.6 Å². The van der Waals surface area contributed by atoms with Crippen LogP contribution in [0, 0.1) is 5.92 Å². The zero-order valence-electron chi connectivity index (χ0n) is 15.6. The quantitative estimate of drug-likeness (QED) is 0.455. The SMILES string of the molecule is CCSC(C)CC1CC(=O)C(/C(=C/CCOC/C=C/Cl)CC)=C(O)C1. The van der Waals surface area contributed by atoms with Gasteiger partial charge in [0.05, 0.1) is 18.8 Å². The van der Waals surface area contributed by atoms with E-state index < -0.39 is 0 Å². The van der Waals surface area contributed by atoms with Crippen molar-refractivity contribution in [3.63, 3.8) is 0 Å². The molecule has 0 spiro atoms. The van der Waals surface area contributed by atoms with Crippen molar-refractivity contribution in [2.24, 2.45) is 5.92 Å². The van der Waals surface area contributed by atoms with Crippen LogP contribution in [0.25, 0.3) is 0 Å². The lowest BCUT2D eigenvalue weighted by molar-refractivity contribution is -0.117. The Bertz CT molecular complexity index is 511. The van der Waals surface area contributed by atoms with Crippen molar-refractivity contribution < 1.29 is 14.6 Å². The van der Waals surface area contributed by atoms with E-state index in [0.29, 0.717) is 36.9 Å². The fourth-order valence-electron chi connectivity index (χ4n) is 3.25. The fraction of sp³-hybridized carbons (Fsp3) is 0.650. The summed E-state index contributed by atoms with van der Waals surface area (Å²) >= 11 is 7.35. The summed E-state index contributed by atoms with van der Waals surface area (Å²) in [5.41, 5.74) is 2.93. The molecule has 0 heterocycles. The molecule has 1 N–H and O–H groups in total. The average molecular weight is 387 g/mol. The summed E-state index contributed by atoms with van der Waals surface area (Å²) in [6.07, 6.45) is 7.35. The van der Waals surface area contributed by atoms with Gasteiger partial charge in [-0.3, -0.25) is 4.79 Å². The highest BCUT2D eigenvalue weighted by Gasteiger charge is 2.29. The number of carbonyl (C=O) groups excluding carboxylic acids is 1. The van der Waals surface area contributed by atoms with Gasteiger partial charge in [0.15, 0.2) is 5.78 Å². The lowest BCUT2D eigenvalue weighted by Gasteiger charge is -2.26. The zero-order chi connectivity index (χ0) is 18.7. The van der Waals surface area contributed by atoms with Crippen molar-refractivity contribution in [1.82, 2.24) is 0 Å². The highest BCUT2D eigenvalue weighted by Crippen LogP contribution is 2.35. The highest BCUT2D eigenvalue weighted by atomic mass is 35.5. The Balaban J connectivity index is 2.68. The van der Waals surface area contributed by atoms with Crippen molar-refractivity contribution >= 4 is 29.1 Å². The number of aliphatic hydroxyl groups is 1. The maximum atomic E-state index is 12.6. The van der Waals surface area contributed by atoms with Gasteiger partial charge in [0.25, 0.3) is 0 Å². The van der Waals surface area contributed by atoms with Crippen LogP contribution in [-0.4, -0.2) is 35.1 Å². The minimum atomic E-state index is 0.0848. The van der Waals surface area contributed by atoms with Crippen LogP contribution < -0.4 is 0 Å². The van der Waals surface area contributed by atoms with Crippen LogP contribution in [-0.2, 0) is 9.53 Å². The van der Waals surface area contributed by atoms with Crippen molar-refractivity contribution in [1.29, 1.82) is 0 Å². The van der Waals surface area contributed by atoms with Gasteiger partial charge < -0.3 is 9.84 Å². The van der Waals surface area contributed by atoms with Gasteiger partial charge >= 0.3 is 0 Å². The first-order valence-corrected chi connectivity index (χ1v) is 10.6. The second-order valence-electron chi connectivity index (χ2n) is 6.33. The van der Waals surface area contributed by atoms with Gasteiger partial charge in [0.2, 0.25) is 0 Å². The third kappa shape index (κ3) is 8.02. The minimum Gasteiger partial charge on any atom is -0.512 e. The molecule has 2 atom stereocenters. The summed E-state index contributed by atoms with van der Waals surface area (Å²) in [6, 6.07) is 0. The first-order valence-electron chi connectivity index (χ1n) is 9.12. The number of hydrogen-bond donors (Lipinski definition) is 1. The maximum Gasteiger partial charge on any atom is 0.166 e. The fourth-order valence-corrected chi connectivity index (χ4v) is 4.30. The molecule has 0 radical (unpaired) electrons. The Labute approximate surface area is 161 Å². The van der Waals surface area contributed by atoms with Crippen LogP contribution in [0.1, 0.15) is 52.9 Å². The van der Waals surface area contributed by atoms with Crippen molar-refractivity contribution in [2.75, 3.05) is 19.0 Å². The second kappa shape index (κ2) is 12.6. The highest BCUT2D eigenvalue weighted by molar-refractivity contribution is 7.99. The van der Waals surface area contributed by atoms with Crippen LogP contribution in [0.5, 0.6) is 0 Å². The van der Waals surface area contributed by atoms with Gasteiger partial charge in [-0.05, 0) is 42.6 Å². The molecule has 3 nitrogen and oxygen atoms in total. The predicted octanol–water partition coefficient (Wildman–Crippen LogP) is 5.80. The number of allylic oxidation sites excluding steroid dienone is 3. The van der Waals surface area contributed by atoms with Crippen LogP contribution in [0.4, 0.5) is 0 Å². The number of ketones is 1. The van der Waals surface area contributed by atoms with E-state index in [0.717, 1.165) is 30.6 Å². The molecule has 142 valence electrons. The number of ether oxygens (including phenoxy) is 1. The largest absolute Gasteiger partial charge is 0.512 e. The molecule has 0 amide bonds. The van der Waals surface area contributed by atoms with E-state index >= 15 is 0 Å². The van der Waals surface area contributed by atoms with Gasteiger partial charge in [-0.2, -0.15) is 11.8 Å². The van der Waals surface area contributed by atoms with E-state index in [1.54, 1.807) is 6.08 Å². The molecule has 0 saturated carbocycles. The monoisotopic (exact) mass is 386 g/mol. The molecule has 0 aromatic heterocycles. The number of hydrogen-bond acceptors (Lipinski definition) is 4. The van der Waals surface area contributed by atoms with E-state index in [1.165, 1.54) is 5.54 Å². The lowest BCUT2D eigenvalue weighted by atomic mass is 9.81. The van der Waals surface area contributed by atoms with Crippen LogP contribution in [0.2, 0.25) is 0 Å². The van der Waals surface area contributed by atoms with Crippen LogP contribution >= 0.6 is 23.4 Å². The molecule has 2 unspecified atom stereocenters. The number of aliphatic hydroxyl groups excluding tert-OH is 1. The molecule has 1 aliphatic rings. The number of thioether (sulfide) groups is 1. The molecule has 1 rings (SSSR count). The summed E-state index contributed by atoms with van der Waals surface area (Å²) < 4.78 is 5.41. The van der Waals surface area contributed by atoms with Gasteiger partial charge in [0, 0.05) is 23.6 Å². The molecule has 0 saturated heterocycles. The summed E-state index contributed by atoms with van der Waals surface area (Å²) in [5, 5.41) is 11.0. The molecule has 25 heavy (non-hydrogen) atoms. The second-order valence-corrected chi connectivity index (χ2v) is 8.30. The number of Topliss-reactive ketones (excluding diaryl/α,β-unsaturated/α-hetero) is 1. The summed E-state index contributed by atoms with van der Waals surface area (Å²) in [5.74, 6) is 1.70. The van der Waals surface area contributed by atoms with E-state index in [9.17, 15) is 9.90 Å². The summed E-state index contributed by atoms with van der Waals surface area (Å²) in [4.78, 5) is 12.6. The van der Waals surface area contributed by atoms with Crippen molar-refractivity contribution in [3.8, 4) is 0 Å². The first kappa shape index (κ1) is 22.3. The molecule has 0 fully saturated rings. The van der Waals surface area contributed by atoms with E-state index in [1.807, 2.05) is 24.8 Å². The average Bonchev–Trinajstić information content (AvgIpc) is 2.55. The van der Waals surface area contributed by atoms with Gasteiger partial charge in [-0.25, -0.2) is 0 Å². The molecule has 1 aliphatic carbocycles. The van der Waals surface area contributed by atoms with Crippen molar-refractivity contribution in [2.45, 2.75) is 58.1 Å². The van der Waals surface area contributed by atoms with E-state index in [4.69, 9.17) is 16.3 Å². The molecule has 0 aromatic rings. The van der Waals surface area contributed by atoms with Gasteiger partial charge in [0.1, 0.15) is 5.76 Å². The smallest absolute Gasteiger partial charge is 0.166 e. The number of rotatable bonds is 11. The maximum absolute atomic E-state index is 12.6. The van der Waals surface area contributed by atoms with Crippen LogP contribution in [0.3, 0.4) is 0 Å². The Hall–Kier alpha value is -0.710. The predicted molar refractivity (Wildman–Crippen MR) is 108 cm³/mol. The van der Waals surface area contributed by atoms with Gasteiger partial charge in [-0.1, -0.05) is 38.4 Å². The lowest BCUT2D eigenvalue weighted by Crippen LogP contribution is -2.23. The molecule has 0 aromatic carbocycles. The number of halogens is 1. The first-order chi connectivity index (χ1) is 12.0. The molecule has 5 heteroatoms. The molecule has 0 aliphatic heterocycles. The summed E-state index contributed by atoms with van der Waals surface area (Å²) in [7, 11) is 0. The summed E-state index contributed by atoms with van der Waals surface area (Å²) in [6.45, 7) is 7.42. The third-order valence-electron chi connectivity index (χ3n) is 4.30. The normalized spacial score (nSPS) is 20.6. The Morgan fingerprint density at radius 3 is 2.80 bits per heavy atom. The zero-order valence-corrected chi connectivity index (χ0v) is 17.2. The molecular weight excluding hydrogens is 356 g/mol. The Morgan fingerprint density at radius 2 is 2.20 bits per heavy atom. The van der Waals surface area contributed by atoms with E-state index in [-0.39, 0.29) is 17.5 Å². The minimum absolute atomic E-state index is 0.0848. The van der Waals surface area contributed by atoms with Gasteiger partial charge in [-0.15, -0.1) is 0 Å². The topological polar surface area (TPSA) is 46.5 Å². The standard InChI is InChI=1S/C20H31ClO3S/c1-4-17(8-6-10-24-11-7-9-21)20-18(22)13-16(14-19(20)23)12-15(3)25-5-2/h7-9,15-16,22H,4-6,10-14H2,1-3H3/b9-7+,17-8+. The Kier molecular flexibility index (Phi) is 11.3.